The molecule has 0 amide bonds. The lowest BCUT2D eigenvalue weighted by Gasteiger charge is -2.04. The number of hydrogen-bond acceptors (Lipinski definition) is 5. The molecular formula is C12H13N5S. The van der Waals surface area contributed by atoms with Crippen LogP contribution in [0.15, 0.2) is 30.2 Å². The van der Waals surface area contributed by atoms with E-state index < -0.39 is 0 Å². The van der Waals surface area contributed by atoms with Gasteiger partial charge in [-0.2, -0.15) is 5.10 Å². The Labute approximate surface area is 109 Å². The van der Waals surface area contributed by atoms with Gasteiger partial charge in [0.25, 0.3) is 0 Å². The molecule has 5 nitrogen and oxygen atoms in total. The summed E-state index contributed by atoms with van der Waals surface area (Å²) in [6.45, 7) is 0.843. The molecule has 18 heavy (non-hydrogen) atoms. The zero-order chi connectivity index (χ0) is 12.4. The van der Waals surface area contributed by atoms with Gasteiger partial charge in [0.1, 0.15) is 12.1 Å². The maximum atomic E-state index is 4.28. The quantitative estimate of drug-likeness (QED) is 0.779. The van der Waals surface area contributed by atoms with Crippen molar-refractivity contribution in [2.45, 2.75) is 6.42 Å². The number of nitrogens with one attached hydrogen (secondary N) is 1. The van der Waals surface area contributed by atoms with Gasteiger partial charge >= 0.3 is 0 Å². The van der Waals surface area contributed by atoms with E-state index in [1.807, 2.05) is 35.6 Å². The minimum Gasteiger partial charge on any atom is -0.368 e. The standard InChI is InChI=1S/C12H13N5S/c1-17-7-9(6-16-17)2-4-13-12-11-10(3-5-18-11)14-8-15-12/h3,5-8H,2,4H2,1H3,(H,13,14,15). The van der Waals surface area contributed by atoms with Gasteiger partial charge in [-0.1, -0.05) is 0 Å². The SMILES string of the molecule is Cn1cc(CCNc2ncnc3ccsc23)cn1. The van der Waals surface area contributed by atoms with Crippen LogP contribution < -0.4 is 5.32 Å². The van der Waals surface area contributed by atoms with Gasteiger partial charge < -0.3 is 5.32 Å². The summed E-state index contributed by atoms with van der Waals surface area (Å²) in [5.41, 5.74) is 2.22. The Hall–Kier alpha value is -1.95. The first-order valence-electron chi connectivity index (χ1n) is 5.72. The van der Waals surface area contributed by atoms with Crippen LogP contribution in [-0.4, -0.2) is 26.3 Å². The Balaban J connectivity index is 1.68. The second kappa shape index (κ2) is 4.73. The Morgan fingerprint density at radius 2 is 2.33 bits per heavy atom. The van der Waals surface area contributed by atoms with Crippen molar-refractivity contribution < 1.29 is 0 Å². The predicted octanol–water partition coefficient (Wildman–Crippen LogP) is 2.08. The lowest BCUT2D eigenvalue weighted by molar-refractivity contribution is 0.767. The number of anilines is 1. The van der Waals surface area contributed by atoms with E-state index in [4.69, 9.17) is 0 Å². The monoisotopic (exact) mass is 259 g/mol. The van der Waals surface area contributed by atoms with Crippen molar-refractivity contribution in [3.63, 3.8) is 0 Å². The van der Waals surface area contributed by atoms with Crippen LogP contribution in [0.3, 0.4) is 0 Å². The molecule has 0 aromatic carbocycles. The summed E-state index contributed by atoms with van der Waals surface area (Å²) < 4.78 is 2.93. The predicted molar refractivity (Wildman–Crippen MR) is 72.8 cm³/mol. The molecule has 0 bridgehead atoms. The third-order valence-corrected chi connectivity index (χ3v) is 3.62. The van der Waals surface area contributed by atoms with Gasteiger partial charge in [-0.25, -0.2) is 9.97 Å². The van der Waals surface area contributed by atoms with Gasteiger partial charge in [0.15, 0.2) is 0 Å². The third kappa shape index (κ3) is 2.19. The number of rotatable bonds is 4. The van der Waals surface area contributed by atoms with Gasteiger partial charge in [-0.05, 0) is 23.4 Å². The normalized spacial score (nSPS) is 10.9. The number of thiophene rings is 1. The molecule has 0 aliphatic rings. The first-order valence-corrected chi connectivity index (χ1v) is 6.60. The molecule has 0 fully saturated rings. The third-order valence-electron chi connectivity index (χ3n) is 2.71. The van der Waals surface area contributed by atoms with E-state index >= 15 is 0 Å². The molecular weight excluding hydrogens is 246 g/mol. The lowest BCUT2D eigenvalue weighted by Crippen LogP contribution is -2.06. The Bertz CT molecular complexity index is 657. The first-order chi connectivity index (χ1) is 8.83. The minimum absolute atomic E-state index is 0.843. The minimum atomic E-state index is 0.843. The second-order valence-electron chi connectivity index (χ2n) is 4.06. The largest absolute Gasteiger partial charge is 0.368 e. The molecule has 0 radical (unpaired) electrons. The van der Waals surface area contributed by atoms with Crippen molar-refractivity contribution in [1.82, 2.24) is 19.7 Å². The Kier molecular flexibility index (Phi) is 2.93. The van der Waals surface area contributed by atoms with Crippen LogP contribution >= 0.6 is 11.3 Å². The van der Waals surface area contributed by atoms with Crippen molar-refractivity contribution in [3.8, 4) is 0 Å². The molecule has 0 atom stereocenters. The van der Waals surface area contributed by atoms with Gasteiger partial charge in [0.2, 0.25) is 0 Å². The zero-order valence-electron chi connectivity index (χ0n) is 10.00. The maximum absolute atomic E-state index is 4.28. The number of aromatic nitrogens is 4. The van der Waals surface area contributed by atoms with E-state index in [2.05, 4.69) is 20.4 Å². The fraction of sp³-hybridized carbons (Fsp3) is 0.250. The zero-order valence-corrected chi connectivity index (χ0v) is 10.8. The maximum Gasteiger partial charge on any atom is 0.147 e. The van der Waals surface area contributed by atoms with Gasteiger partial charge in [-0.3, -0.25) is 4.68 Å². The Morgan fingerprint density at radius 1 is 1.39 bits per heavy atom. The summed E-state index contributed by atoms with van der Waals surface area (Å²) >= 11 is 1.66. The fourth-order valence-electron chi connectivity index (χ4n) is 1.84. The summed E-state index contributed by atoms with van der Waals surface area (Å²) in [4.78, 5) is 8.50. The van der Waals surface area contributed by atoms with Crippen LogP contribution in [0, 0.1) is 0 Å². The summed E-state index contributed by atoms with van der Waals surface area (Å²) in [6, 6.07) is 2.01. The number of nitrogens with zero attached hydrogens (tertiary/aromatic N) is 4. The molecule has 3 rings (SSSR count). The van der Waals surface area contributed by atoms with Crippen molar-refractivity contribution in [3.05, 3.63) is 35.7 Å². The van der Waals surface area contributed by atoms with Gasteiger partial charge in [-0.15, -0.1) is 11.3 Å². The summed E-state index contributed by atoms with van der Waals surface area (Å²) in [5, 5.41) is 9.54. The van der Waals surface area contributed by atoms with Crippen LogP contribution in [0.4, 0.5) is 5.82 Å². The van der Waals surface area contributed by atoms with E-state index in [0.29, 0.717) is 0 Å². The van der Waals surface area contributed by atoms with E-state index in [1.54, 1.807) is 17.7 Å². The first kappa shape index (κ1) is 11.2. The van der Waals surface area contributed by atoms with Crippen LogP contribution in [0.1, 0.15) is 5.56 Å². The molecule has 3 heterocycles. The van der Waals surface area contributed by atoms with Crippen LogP contribution in [0.25, 0.3) is 10.2 Å². The molecule has 0 aliphatic heterocycles. The highest BCUT2D eigenvalue weighted by Crippen LogP contribution is 2.24. The molecule has 0 spiro atoms. The average molecular weight is 259 g/mol. The van der Waals surface area contributed by atoms with Crippen molar-refractivity contribution >= 4 is 27.4 Å². The van der Waals surface area contributed by atoms with Crippen LogP contribution in [-0.2, 0) is 13.5 Å². The molecule has 0 unspecified atom stereocenters. The summed E-state index contributed by atoms with van der Waals surface area (Å²) in [7, 11) is 1.93. The fourth-order valence-corrected chi connectivity index (χ4v) is 2.65. The smallest absolute Gasteiger partial charge is 0.147 e. The molecule has 0 saturated carbocycles. The van der Waals surface area contributed by atoms with Crippen LogP contribution in [0.2, 0.25) is 0 Å². The van der Waals surface area contributed by atoms with Crippen molar-refractivity contribution in [2.75, 3.05) is 11.9 Å². The second-order valence-corrected chi connectivity index (χ2v) is 4.97. The van der Waals surface area contributed by atoms with Crippen LogP contribution in [0.5, 0.6) is 0 Å². The molecule has 0 saturated heterocycles. The molecule has 3 aromatic rings. The molecule has 0 aliphatic carbocycles. The van der Waals surface area contributed by atoms with E-state index in [0.717, 1.165) is 29.0 Å². The Morgan fingerprint density at radius 3 is 3.17 bits per heavy atom. The van der Waals surface area contributed by atoms with Crippen molar-refractivity contribution in [2.24, 2.45) is 7.05 Å². The van der Waals surface area contributed by atoms with Crippen molar-refractivity contribution in [1.29, 1.82) is 0 Å². The summed E-state index contributed by atoms with van der Waals surface area (Å²) in [6.07, 6.45) is 6.46. The number of aryl methyl sites for hydroxylation is 1. The summed E-state index contributed by atoms with van der Waals surface area (Å²) in [5.74, 6) is 0.916. The average Bonchev–Trinajstić information content (AvgIpc) is 2.98. The highest BCUT2D eigenvalue weighted by Gasteiger charge is 2.04. The number of fused-ring (bicyclic) bond motifs is 1. The van der Waals surface area contributed by atoms with E-state index in [1.165, 1.54) is 5.56 Å². The lowest BCUT2D eigenvalue weighted by atomic mass is 10.2. The molecule has 92 valence electrons. The highest BCUT2D eigenvalue weighted by atomic mass is 32.1. The highest BCUT2D eigenvalue weighted by molar-refractivity contribution is 7.17. The molecule has 1 N–H and O–H groups in total. The topological polar surface area (TPSA) is 55.6 Å². The van der Waals surface area contributed by atoms with Gasteiger partial charge in [0.05, 0.1) is 16.4 Å². The molecule has 3 aromatic heterocycles. The van der Waals surface area contributed by atoms with Gasteiger partial charge in [0, 0.05) is 19.8 Å². The number of hydrogen-bond donors (Lipinski definition) is 1. The molecule has 6 heteroatoms. The van der Waals surface area contributed by atoms with E-state index in [9.17, 15) is 0 Å². The van der Waals surface area contributed by atoms with E-state index in [-0.39, 0.29) is 0 Å².